The summed E-state index contributed by atoms with van der Waals surface area (Å²) in [6, 6.07) is 6.22. The molecule has 25 heavy (non-hydrogen) atoms. The summed E-state index contributed by atoms with van der Waals surface area (Å²) in [5, 5.41) is 14.5. The van der Waals surface area contributed by atoms with Gasteiger partial charge in [-0.3, -0.25) is 4.40 Å². The lowest BCUT2D eigenvalue weighted by Gasteiger charge is -2.29. The first-order valence-corrected chi connectivity index (χ1v) is 9.62. The van der Waals surface area contributed by atoms with Gasteiger partial charge in [-0.25, -0.2) is 4.79 Å². The molecule has 2 aliphatic rings. The van der Waals surface area contributed by atoms with Gasteiger partial charge in [0, 0.05) is 25.2 Å². The van der Waals surface area contributed by atoms with Crippen molar-refractivity contribution in [1.82, 2.24) is 25.2 Å². The molecule has 2 saturated carbocycles. The van der Waals surface area contributed by atoms with Gasteiger partial charge in [-0.1, -0.05) is 18.9 Å². The van der Waals surface area contributed by atoms with Crippen LogP contribution in [0.1, 0.15) is 50.8 Å². The number of carbonyl (C=O) groups excluding carboxylic acids is 1. The van der Waals surface area contributed by atoms with Gasteiger partial charge in [-0.2, -0.15) is 0 Å². The zero-order valence-corrected chi connectivity index (χ0v) is 14.7. The first-order chi connectivity index (χ1) is 12.3. The highest BCUT2D eigenvalue weighted by Crippen LogP contribution is 2.43. The molecule has 2 heterocycles. The van der Waals surface area contributed by atoms with Gasteiger partial charge in [0.1, 0.15) is 5.82 Å². The second-order valence-corrected chi connectivity index (χ2v) is 7.51. The molecule has 2 fully saturated rings. The fraction of sp³-hybridized carbons (Fsp3) is 0.632. The Labute approximate surface area is 148 Å². The van der Waals surface area contributed by atoms with Crippen molar-refractivity contribution >= 4 is 11.7 Å². The summed E-state index contributed by atoms with van der Waals surface area (Å²) in [6.07, 6.45) is 11.4. The van der Waals surface area contributed by atoms with E-state index >= 15 is 0 Å². The van der Waals surface area contributed by atoms with Crippen LogP contribution in [0, 0.1) is 11.8 Å². The first kappa shape index (κ1) is 16.4. The van der Waals surface area contributed by atoms with Crippen LogP contribution in [0.5, 0.6) is 0 Å². The van der Waals surface area contributed by atoms with Crippen LogP contribution < -0.4 is 10.6 Å². The molecule has 6 nitrogen and oxygen atoms in total. The average Bonchev–Trinajstić information content (AvgIpc) is 3.40. The number of pyridine rings is 1. The minimum absolute atomic E-state index is 0.0208. The standard InChI is InChI=1S/C19H27N5O/c25-19(21-16-6-3-5-15(13-16)14-9-10-14)20-11-4-8-18-23-22-17-7-1-2-12-24(17)18/h1-2,7,12,14-16H,3-6,8-11,13H2,(H2,20,21,25). The van der Waals surface area contributed by atoms with Gasteiger partial charge in [0.25, 0.3) is 0 Å². The number of hydrogen-bond acceptors (Lipinski definition) is 3. The van der Waals surface area contributed by atoms with Gasteiger partial charge in [-0.15, -0.1) is 10.2 Å². The smallest absolute Gasteiger partial charge is 0.315 e. The minimum Gasteiger partial charge on any atom is -0.338 e. The third-order valence-corrected chi connectivity index (χ3v) is 5.59. The molecule has 2 unspecified atom stereocenters. The maximum atomic E-state index is 12.1. The Hall–Kier alpha value is -2.11. The zero-order chi connectivity index (χ0) is 17.1. The van der Waals surface area contributed by atoms with Crippen molar-refractivity contribution in [1.29, 1.82) is 0 Å². The second kappa shape index (κ2) is 7.42. The molecule has 4 rings (SSSR count). The molecule has 0 aliphatic heterocycles. The van der Waals surface area contributed by atoms with Crippen molar-refractivity contribution in [3.63, 3.8) is 0 Å². The lowest BCUT2D eigenvalue weighted by atomic mass is 9.83. The molecule has 2 aromatic heterocycles. The van der Waals surface area contributed by atoms with Gasteiger partial charge in [-0.05, 0) is 56.1 Å². The van der Waals surface area contributed by atoms with E-state index < -0.39 is 0 Å². The number of carbonyl (C=O) groups is 1. The Morgan fingerprint density at radius 1 is 1.16 bits per heavy atom. The van der Waals surface area contributed by atoms with Crippen molar-refractivity contribution in [2.24, 2.45) is 11.8 Å². The second-order valence-electron chi connectivity index (χ2n) is 7.51. The van der Waals surface area contributed by atoms with E-state index in [9.17, 15) is 4.79 Å². The third kappa shape index (κ3) is 4.11. The SMILES string of the molecule is O=C(NCCCc1nnc2ccccn12)NC1CCCC(C2CC2)C1. The first-order valence-electron chi connectivity index (χ1n) is 9.62. The topological polar surface area (TPSA) is 71.3 Å². The van der Waals surface area contributed by atoms with Crippen LogP contribution in [-0.2, 0) is 6.42 Å². The summed E-state index contributed by atoms with van der Waals surface area (Å²) in [7, 11) is 0. The molecule has 0 radical (unpaired) electrons. The number of aromatic nitrogens is 3. The Morgan fingerprint density at radius 3 is 2.96 bits per heavy atom. The number of nitrogens with one attached hydrogen (secondary N) is 2. The fourth-order valence-electron chi connectivity index (χ4n) is 4.10. The molecular formula is C19H27N5O. The average molecular weight is 341 g/mol. The Morgan fingerprint density at radius 2 is 2.08 bits per heavy atom. The molecular weight excluding hydrogens is 314 g/mol. The van der Waals surface area contributed by atoms with E-state index in [2.05, 4.69) is 20.8 Å². The number of rotatable bonds is 6. The van der Waals surface area contributed by atoms with Gasteiger partial charge in [0.2, 0.25) is 0 Å². The van der Waals surface area contributed by atoms with Crippen LogP contribution in [-0.4, -0.2) is 33.2 Å². The van der Waals surface area contributed by atoms with Crippen LogP contribution in [0.15, 0.2) is 24.4 Å². The van der Waals surface area contributed by atoms with Crippen molar-refractivity contribution in [3.8, 4) is 0 Å². The lowest BCUT2D eigenvalue weighted by molar-refractivity contribution is 0.221. The number of fused-ring (bicyclic) bond motifs is 1. The van der Waals surface area contributed by atoms with E-state index in [1.807, 2.05) is 28.8 Å². The number of nitrogens with zero attached hydrogens (tertiary/aromatic N) is 3. The predicted octanol–water partition coefficient (Wildman–Crippen LogP) is 2.93. The zero-order valence-electron chi connectivity index (χ0n) is 14.7. The van der Waals surface area contributed by atoms with Gasteiger partial charge >= 0.3 is 6.03 Å². The van der Waals surface area contributed by atoms with E-state index in [0.29, 0.717) is 12.6 Å². The fourth-order valence-corrected chi connectivity index (χ4v) is 4.10. The van der Waals surface area contributed by atoms with Gasteiger partial charge in [0.05, 0.1) is 0 Å². The van der Waals surface area contributed by atoms with Crippen LogP contribution in [0.4, 0.5) is 4.79 Å². The minimum atomic E-state index is -0.0208. The van der Waals surface area contributed by atoms with Crippen LogP contribution in [0.25, 0.3) is 5.65 Å². The molecule has 0 saturated heterocycles. The maximum absolute atomic E-state index is 12.1. The number of hydrogen-bond donors (Lipinski definition) is 2. The van der Waals surface area contributed by atoms with E-state index in [1.54, 1.807) is 0 Å². The highest BCUT2D eigenvalue weighted by atomic mass is 16.2. The molecule has 6 heteroatoms. The lowest BCUT2D eigenvalue weighted by Crippen LogP contribution is -2.44. The quantitative estimate of drug-likeness (QED) is 0.794. The van der Waals surface area contributed by atoms with Crippen molar-refractivity contribution in [2.45, 2.75) is 57.4 Å². The largest absolute Gasteiger partial charge is 0.338 e. The molecule has 2 aromatic rings. The van der Waals surface area contributed by atoms with E-state index in [-0.39, 0.29) is 6.03 Å². The number of amides is 2. The van der Waals surface area contributed by atoms with E-state index in [0.717, 1.165) is 42.6 Å². The summed E-state index contributed by atoms with van der Waals surface area (Å²) in [4.78, 5) is 12.1. The number of urea groups is 1. The van der Waals surface area contributed by atoms with Crippen molar-refractivity contribution < 1.29 is 4.79 Å². The van der Waals surface area contributed by atoms with Crippen molar-refractivity contribution in [2.75, 3.05) is 6.54 Å². The molecule has 0 spiro atoms. The van der Waals surface area contributed by atoms with Crippen molar-refractivity contribution in [3.05, 3.63) is 30.2 Å². The molecule has 2 atom stereocenters. The molecule has 0 bridgehead atoms. The molecule has 134 valence electrons. The molecule has 2 amide bonds. The molecule has 0 aromatic carbocycles. The third-order valence-electron chi connectivity index (χ3n) is 5.59. The monoisotopic (exact) mass is 341 g/mol. The highest BCUT2D eigenvalue weighted by molar-refractivity contribution is 5.74. The Balaban J connectivity index is 1.17. The summed E-state index contributed by atoms with van der Waals surface area (Å²) in [5.41, 5.74) is 0.866. The van der Waals surface area contributed by atoms with E-state index in [4.69, 9.17) is 0 Å². The summed E-state index contributed by atoms with van der Waals surface area (Å²) in [6.45, 7) is 0.659. The summed E-state index contributed by atoms with van der Waals surface area (Å²) in [5.74, 6) is 2.74. The van der Waals surface area contributed by atoms with Crippen LogP contribution in [0.2, 0.25) is 0 Å². The maximum Gasteiger partial charge on any atom is 0.315 e. The molecule has 2 aliphatic carbocycles. The van der Waals surface area contributed by atoms with Crippen LogP contribution in [0.3, 0.4) is 0 Å². The van der Waals surface area contributed by atoms with Gasteiger partial charge < -0.3 is 10.6 Å². The van der Waals surface area contributed by atoms with E-state index in [1.165, 1.54) is 32.1 Å². The van der Waals surface area contributed by atoms with Crippen LogP contribution >= 0.6 is 0 Å². The highest BCUT2D eigenvalue weighted by Gasteiger charge is 2.34. The summed E-state index contributed by atoms with van der Waals surface area (Å²) >= 11 is 0. The Bertz CT molecular complexity index is 723. The Kier molecular flexibility index (Phi) is 4.85. The number of aryl methyl sites for hydroxylation is 1. The predicted molar refractivity (Wildman–Crippen MR) is 96.3 cm³/mol. The summed E-state index contributed by atoms with van der Waals surface area (Å²) < 4.78 is 2.00. The van der Waals surface area contributed by atoms with Gasteiger partial charge in [0.15, 0.2) is 5.65 Å². The normalized spacial score (nSPS) is 23.5. The molecule has 2 N–H and O–H groups in total.